The molecule has 1 heterocycles. The maximum Gasteiger partial charge on any atom is 0.0838 e. The predicted octanol–water partition coefficient (Wildman–Crippen LogP) is 3.99. The zero-order chi connectivity index (χ0) is 13.0. The van der Waals surface area contributed by atoms with Crippen molar-refractivity contribution < 1.29 is 4.74 Å². The first-order chi connectivity index (χ1) is 8.70. The summed E-state index contributed by atoms with van der Waals surface area (Å²) in [4.78, 5) is 1.42. The maximum atomic E-state index is 6.15. The summed E-state index contributed by atoms with van der Waals surface area (Å²) in [7, 11) is 2.06. The minimum absolute atomic E-state index is 0.0555. The van der Waals surface area contributed by atoms with Gasteiger partial charge in [0, 0.05) is 17.5 Å². The second-order valence-corrected chi connectivity index (χ2v) is 7.50. The fourth-order valence-electron chi connectivity index (χ4n) is 3.07. The summed E-state index contributed by atoms with van der Waals surface area (Å²) in [5, 5.41) is 3.49. The van der Waals surface area contributed by atoms with E-state index in [1.54, 1.807) is 0 Å². The Labute approximate surface area is 122 Å². The van der Waals surface area contributed by atoms with E-state index < -0.39 is 0 Å². The smallest absolute Gasteiger partial charge is 0.0838 e. The highest BCUT2D eigenvalue weighted by Crippen LogP contribution is 2.38. The van der Waals surface area contributed by atoms with Crippen LogP contribution in [0.15, 0.2) is 15.9 Å². The molecular weight excluding hydrogens is 310 g/mol. The van der Waals surface area contributed by atoms with Crippen molar-refractivity contribution in [3.63, 3.8) is 0 Å². The Balaban J connectivity index is 2.10. The van der Waals surface area contributed by atoms with E-state index >= 15 is 0 Å². The van der Waals surface area contributed by atoms with Gasteiger partial charge in [-0.1, -0.05) is 12.8 Å². The van der Waals surface area contributed by atoms with E-state index in [-0.39, 0.29) is 5.60 Å². The van der Waals surface area contributed by atoms with E-state index in [2.05, 4.69) is 47.4 Å². The predicted molar refractivity (Wildman–Crippen MR) is 81.4 cm³/mol. The lowest BCUT2D eigenvalue weighted by Gasteiger charge is -2.37. The Morgan fingerprint density at radius 1 is 1.44 bits per heavy atom. The Morgan fingerprint density at radius 3 is 2.67 bits per heavy atom. The van der Waals surface area contributed by atoms with Crippen molar-refractivity contribution in [3.8, 4) is 0 Å². The third kappa shape index (κ3) is 3.16. The summed E-state index contributed by atoms with van der Waals surface area (Å²) in [5.41, 5.74) is 0.0555. The summed E-state index contributed by atoms with van der Waals surface area (Å²) in [5.74, 6) is 0. The van der Waals surface area contributed by atoms with Gasteiger partial charge in [0.2, 0.25) is 0 Å². The zero-order valence-electron chi connectivity index (χ0n) is 11.2. The quantitative estimate of drug-likeness (QED) is 0.850. The Hall–Kier alpha value is 0.1000. The number of hydrogen-bond acceptors (Lipinski definition) is 3. The van der Waals surface area contributed by atoms with Crippen LogP contribution in [0.2, 0.25) is 0 Å². The van der Waals surface area contributed by atoms with Crippen molar-refractivity contribution in [1.29, 1.82) is 0 Å². The second kappa shape index (κ2) is 6.51. The molecule has 18 heavy (non-hydrogen) atoms. The molecule has 0 aromatic carbocycles. The van der Waals surface area contributed by atoms with Crippen molar-refractivity contribution in [2.45, 2.75) is 50.7 Å². The van der Waals surface area contributed by atoms with Gasteiger partial charge in [-0.25, -0.2) is 0 Å². The number of thiophene rings is 1. The monoisotopic (exact) mass is 331 g/mol. The average Bonchev–Trinajstić information content (AvgIpc) is 2.97. The molecule has 0 amide bonds. The van der Waals surface area contributed by atoms with Crippen molar-refractivity contribution in [3.05, 3.63) is 20.8 Å². The number of ether oxygens (including phenoxy) is 1. The lowest BCUT2D eigenvalue weighted by atomic mass is 9.89. The summed E-state index contributed by atoms with van der Waals surface area (Å²) in [6.45, 7) is 2.92. The van der Waals surface area contributed by atoms with Crippen LogP contribution < -0.4 is 5.32 Å². The van der Waals surface area contributed by atoms with Gasteiger partial charge in [-0.3, -0.25) is 0 Å². The first-order valence-electron chi connectivity index (χ1n) is 6.75. The summed E-state index contributed by atoms with van der Waals surface area (Å²) in [6.07, 6.45) is 6.04. The minimum Gasteiger partial charge on any atom is -0.374 e. The number of halogens is 1. The van der Waals surface area contributed by atoms with Crippen LogP contribution in [-0.2, 0) is 11.2 Å². The van der Waals surface area contributed by atoms with Crippen molar-refractivity contribution in [1.82, 2.24) is 5.32 Å². The third-order valence-electron chi connectivity index (χ3n) is 3.90. The molecule has 1 fully saturated rings. The number of likely N-dealkylation sites (N-methyl/N-ethyl adjacent to an activating group) is 1. The van der Waals surface area contributed by atoms with Gasteiger partial charge in [0.25, 0.3) is 0 Å². The molecule has 1 saturated carbocycles. The second-order valence-electron chi connectivity index (χ2n) is 4.96. The molecule has 1 atom stereocenters. The van der Waals surface area contributed by atoms with E-state index in [9.17, 15) is 0 Å². The molecule has 102 valence electrons. The largest absolute Gasteiger partial charge is 0.374 e. The number of hydrogen-bond donors (Lipinski definition) is 1. The van der Waals surface area contributed by atoms with Crippen LogP contribution in [0.3, 0.4) is 0 Å². The van der Waals surface area contributed by atoms with Crippen LogP contribution in [-0.4, -0.2) is 25.3 Å². The minimum atomic E-state index is 0.0555. The van der Waals surface area contributed by atoms with Crippen molar-refractivity contribution >= 4 is 27.3 Å². The van der Waals surface area contributed by atoms with E-state index in [0.29, 0.717) is 6.04 Å². The summed E-state index contributed by atoms with van der Waals surface area (Å²) in [6, 6.07) is 4.77. The molecule has 0 spiro atoms. The maximum absolute atomic E-state index is 6.15. The average molecular weight is 332 g/mol. The van der Waals surface area contributed by atoms with Gasteiger partial charge >= 0.3 is 0 Å². The van der Waals surface area contributed by atoms with E-state index in [1.165, 1.54) is 34.3 Å². The van der Waals surface area contributed by atoms with Crippen LogP contribution in [0.1, 0.15) is 37.5 Å². The standard InChI is InChI=1S/C14H22BrNOS/c1-3-17-14(8-4-5-9-14)12(16-2)10-11-6-7-13(15)18-11/h6-7,12,16H,3-5,8-10H2,1-2H3. The molecule has 1 aromatic rings. The SMILES string of the molecule is CCOC1(C(Cc2ccc(Br)s2)NC)CCCC1. The van der Waals surface area contributed by atoms with Gasteiger partial charge in [-0.05, 0) is 61.3 Å². The molecule has 0 aliphatic heterocycles. The molecule has 2 rings (SSSR count). The van der Waals surface area contributed by atoms with E-state index in [0.717, 1.165) is 13.0 Å². The van der Waals surface area contributed by atoms with Gasteiger partial charge in [0.1, 0.15) is 0 Å². The lowest BCUT2D eigenvalue weighted by molar-refractivity contribution is -0.0595. The molecule has 1 unspecified atom stereocenters. The number of nitrogens with one attached hydrogen (secondary N) is 1. The normalized spacial score (nSPS) is 20.2. The van der Waals surface area contributed by atoms with E-state index in [4.69, 9.17) is 4.74 Å². The highest BCUT2D eigenvalue weighted by molar-refractivity contribution is 9.11. The van der Waals surface area contributed by atoms with Gasteiger partial charge in [-0.2, -0.15) is 0 Å². The fourth-order valence-corrected chi connectivity index (χ4v) is 4.60. The van der Waals surface area contributed by atoms with Crippen LogP contribution >= 0.6 is 27.3 Å². The Kier molecular flexibility index (Phi) is 5.24. The van der Waals surface area contributed by atoms with E-state index in [1.807, 2.05) is 11.3 Å². The highest BCUT2D eigenvalue weighted by Gasteiger charge is 2.41. The van der Waals surface area contributed by atoms with Gasteiger partial charge in [0.15, 0.2) is 0 Å². The zero-order valence-corrected chi connectivity index (χ0v) is 13.6. The summed E-state index contributed by atoms with van der Waals surface area (Å²) >= 11 is 5.37. The third-order valence-corrected chi connectivity index (χ3v) is 5.55. The topological polar surface area (TPSA) is 21.3 Å². The first-order valence-corrected chi connectivity index (χ1v) is 8.36. The molecule has 1 aliphatic rings. The molecule has 0 bridgehead atoms. The van der Waals surface area contributed by atoms with Gasteiger partial charge < -0.3 is 10.1 Å². The first kappa shape index (κ1) is 14.5. The summed E-state index contributed by atoms with van der Waals surface area (Å²) < 4.78 is 7.37. The molecule has 2 nitrogen and oxygen atoms in total. The molecule has 0 saturated heterocycles. The highest BCUT2D eigenvalue weighted by atomic mass is 79.9. The lowest BCUT2D eigenvalue weighted by Crippen LogP contribution is -2.51. The van der Waals surface area contributed by atoms with Gasteiger partial charge in [-0.15, -0.1) is 11.3 Å². The fraction of sp³-hybridized carbons (Fsp3) is 0.714. The molecule has 0 radical (unpaired) electrons. The molecular formula is C14H22BrNOS. The Bertz CT molecular complexity index is 374. The van der Waals surface area contributed by atoms with Crippen LogP contribution in [0.25, 0.3) is 0 Å². The van der Waals surface area contributed by atoms with Crippen LogP contribution in [0.5, 0.6) is 0 Å². The van der Waals surface area contributed by atoms with Crippen LogP contribution in [0, 0.1) is 0 Å². The Morgan fingerprint density at radius 2 is 2.17 bits per heavy atom. The molecule has 4 heteroatoms. The molecule has 1 aliphatic carbocycles. The molecule has 1 aromatic heterocycles. The van der Waals surface area contributed by atoms with Crippen molar-refractivity contribution in [2.75, 3.05) is 13.7 Å². The van der Waals surface area contributed by atoms with Crippen molar-refractivity contribution in [2.24, 2.45) is 0 Å². The van der Waals surface area contributed by atoms with Crippen LogP contribution in [0.4, 0.5) is 0 Å². The number of rotatable bonds is 6. The van der Waals surface area contributed by atoms with Gasteiger partial charge in [0.05, 0.1) is 9.39 Å². The molecule has 1 N–H and O–H groups in total.